The molecule has 0 aliphatic carbocycles. The van der Waals surface area contributed by atoms with Crippen LogP contribution in [0.5, 0.6) is 5.75 Å². The van der Waals surface area contributed by atoms with Crippen molar-refractivity contribution in [1.29, 1.82) is 0 Å². The molecule has 2 N–H and O–H groups in total. The zero-order chi connectivity index (χ0) is 23.1. The summed E-state index contributed by atoms with van der Waals surface area (Å²) < 4.78 is 60.3. The number of carbonyl (C=O) groups excluding carboxylic acids is 1. The molecule has 0 unspecified atom stereocenters. The first-order chi connectivity index (χ1) is 15.3. The first-order valence-electron chi connectivity index (χ1n) is 9.45. The maximum absolute atomic E-state index is 13.9. The molecule has 4 nitrogen and oxygen atoms in total. The molecule has 0 saturated heterocycles. The van der Waals surface area contributed by atoms with Crippen molar-refractivity contribution in [2.45, 2.75) is 17.1 Å². The lowest BCUT2D eigenvalue weighted by atomic mass is 10.2. The molecule has 32 heavy (non-hydrogen) atoms. The Morgan fingerprint density at radius 3 is 2.38 bits per heavy atom. The molecule has 3 rings (SSSR count). The number of rotatable bonds is 9. The van der Waals surface area contributed by atoms with Gasteiger partial charge >= 0.3 is 0 Å². The van der Waals surface area contributed by atoms with Crippen LogP contribution in [0.2, 0.25) is 0 Å². The van der Waals surface area contributed by atoms with Crippen LogP contribution in [0, 0.1) is 23.3 Å². The smallest absolute Gasteiger partial charge is 0.241 e. The maximum atomic E-state index is 13.9. The van der Waals surface area contributed by atoms with Crippen molar-refractivity contribution in [3.05, 3.63) is 94.8 Å². The molecule has 0 radical (unpaired) electrons. The fourth-order valence-corrected chi connectivity index (χ4v) is 3.64. The van der Waals surface area contributed by atoms with E-state index < -0.39 is 34.1 Å². The summed E-state index contributed by atoms with van der Waals surface area (Å²) in [5, 5.41) is 0. The summed E-state index contributed by atoms with van der Waals surface area (Å²) in [5.74, 6) is -6.30. The van der Waals surface area contributed by atoms with Gasteiger partial charge in [-0.1, -0.05) is 30.3 Å². The van der Waals surface area contributed by atoms with Crippen LogP contribution >= 0.6 is 11.8 Å². The summed E-state index contributed by atoms with van der Waals surface area (Å²) >= 11 is 0.560. The molecule has 1 aromatic heterocycles. The van der Waals surface area contributed by atoms with Crippen LogP contribution in [0.4, 0.5) is 17.6 Å². The quantitative estimate of drug-likeness (QED) is 0.209. The summed E-state index contributed by atoms with van der Waals surface area (Å²) in [6, 6.07) is 13.0. The Bertz CT molecular complexity index is 1110. The van der Waals surface area contributed by atoms with Gasteiger partial charge in [0.15, 0.2) is 23.3 Å². The zero-order valence-corrected chi connectivity index (χ0v) is 17.5. The van der Waals surface area contributed by atoms with Gasteiger partial charge in [-0.15, -0.1) is 11.8 Å². The highest BCUT2D eigenvalue weighted by Gasteiger charge is 2.20. The Morgan fingerprint density at radius 1 is 1.03 bits per heavy atom. The Labute approximate surface area is 186 Å². The average Bonchev–Trinajstić information content (AvgIpc) is 2.78. The number of ether oxygens (including phenoxy) is 1. The molecule has 0 fully saturated rings. The van der Waals surface area contributed by atoms with E-state index in [1.54, 1.807) is 12.1 Å². The maximum Gasteiger partial charge on any atom is 0.241 e. The van der Waals surface area contributed by atoms with Crippen molar-refractivity contribution in [2.24, 2.45) is 5.73 Å². The minimum atomic E-state index is -1.48. The van der Waals surface area contributed by atoms with Crippen LogP contribution in [-0.4, -0.2) is 17.5 Å². The highest BCUT2D eigenvalue weighted by Crippen LogP contribution is 2.31. The second kappa shape index (κ2) is 10.8. The number of benzene rings is 2. The van der Waals surface area contributed by atoms with Crippen LogP contribution in [0.25, 0.3) is 6.08 Å². The molecule has 0 saturated carbocycles. The van der Waals surface area contributed by atoms with E-state index in [1.165, 1.54) is 6.08 Å². The molecule has 0 spiro atoms. The van der Waals surface area contributed by atoms with Crippen molar-refractivity contribution in [2.75, 3.05) is 6.61 Å². The molecular formula is C23H18F4N2O2S. The number of amides is 1. The minimum absolute atomic E-state index is 0.0849. The normalized spacial score (nSPS) is 11.1. The number of primary amides is 1. The number of nitrogens with two attached hydrogens (primary N) is 1. The summed E-state index contributed by atoms with van der Waals surface area (Å²) in [6.45, 7) is 0.343. The largest absolute Gasteiger partial charge is 0.491 e. The van der Waals surface area contributed by atoms with Crippen molar-refractivity contribution < 1.29 is 27.1 Å². The molecule has 1 amide bonds. The van der Waals surface area contributed by atoms with Gasteiger partial charge < -0.3 is 10.5 Å². The number of carbonyl (C=O) groups is 1. The molecule has 0 aliphatic rings. The topological polar surface area (TPSA) is 65.2 Å². The van der Waals surface area contributed by atoms with Crippen LogP contribution in [0.1, 0.15) is 17.0 Å². The summed E-state index contributed by atoms with van der Waals surface area (Å²) in [4.78, 5) is 14.7. The summed E-state index contributed by atoms with van der Waals surface area (Å²) in [7, 11) is 0. The van der Waals surface area contributed by atoms with Gasteiger partial charge in [0, 0.05) is 24.3 Å². The number of aromatic nitrogens is 1. The highest BCUT2D eigenvalue weighted by atomic mass is 32.2. The summed E-state index contributed by atoms with van der Waals surface area (Å²) in [6.07, 6.45) is 3.10. The fourth-order valence-electron chi connectivity index (χ4n) is 2.73. The van der Waals surface area contributed by atoms with E-state index in [2.05, 4.69) is 4.98 Å². The number of pyridine rings is 1. The SMILES string of the molecule is NC(=O)C=Cc1nc(CSc2c(F)c(F)cc(F)c2F)ccc1OCCc1ccccc1. The Hall–Kier alpha value is -3.33. The highest BCUT2D eigenvalue weighted by molar-refractivity contribution is 7.98. The second-order valence-corrected chi connectivity index (χ2v) is 7.58. The predicted molar refractivity (Wildman–Crippen MR) is 114 cm³/mol. The van der Waals surface area contributed by atoms with Crippen molar-refractivity contribution in [1.82, 2.24) is 4.98 Å². The lowest BCUT2D eigenvalue weighted by Crippen LogP contribution is -2.07. The number of thioether (sulfide) groups is 1. The van der Waals surface area contributed by atoms with Crippen LogP contribution in [0.15, 0.2) is 59.5 Å². The molecule has 166 valence electrons. The van der Waals surface area contributed by atoms with Crippen LogP contribution < -0.4 is 10.5 Å². The van der Waals surface area contributed by atoms with Crippen LogP contribution in [-0.2, 0) is 17.0 Å². The molecule has 9 heteroatoms. The zero-order valence-electron chi connectivity index (χ0n) is 16.7. The molecule has 2 aromatic carbocycles. The second-order valence-electron chi connectivity index (χ2n) is 6.59. The molecule has 0 aliphatic heterocycles. The Morgan fingerprint density at radius 2 is 1.72 bits per heavy atom. The van der Waals surface area contributed by atoms with E-state index >= 15 is 0 Å². The van der Waals surface area contributed by atoms with E-state index in [1.807, 2.05) is 30.3 Å². The Balaban J connectivity index is 1.76. The van der Waals surface area contributed by atoms with E-state index in [4.69, 9.17) is 10.5 Å². The van der Waals surface area contributed by atoms with Crippen LogP contribution in [0.3, 0.4) is 0 Å². The first kappa shape index (κ1) is 23.3. The van der Waals surface area contributed by atoms with E-state index in [0.29, 0.717) is 36.2 Å². The van der Waals surface area contributed by atoms with Crippen molar-refractivity contribution in [3.8, 4) is 5.75 Å². The van der Waals surface area contributed by atoms with Gasteiger partial charge in [0.05, 0.1) is 17.2 Å². The summed E-state index contributed by atoms with van der Waals surface area (Å²) in [5.41, 5.74) is 6.85. The van der Waals surface area contributed by atoms with Gasteiger partial charge in [-0.25, -0.2) is 22.5 Å². The molecule has 1 heterocycles. The van der Waals surface area contributed by atoms with Gasteiger partial charge in [0.1, 0.15) is 11.4 Å². The average molecular weight is 462 g/mol. The first-order valence-corrected chi connectivity index (χ1v) is 10.4. The number of halogens is 4. The van der Waals surface area contributed by atoms with Gasteiger partial charge in [-0.2, -0.15) is 0 Å². The molecule has 3 aromatic rings. The lowest BCUT2D eigenvalue weighted by molar-refractivity contribution is -0.113. The van der Waals surface area contributed by atoms with Gasteiger partial charge in [-0.05, 0) is 23.8 Å². The van der Waals surface area contributed by atoms with E-state index in [-0.39, 0.29) is 17.5 Å². The lowest BCUT2D eigenvalue weighted by Gasteiger charge is -2.11. The fraction of sp³-hybridized carbons (Fsp3) is 0.130. The van der Waals surface area contributed by atoms with Gasteiger partial charge in [0.2, 0.25) is 5.91 Å². The minimum Gasteiger partial charge on any atom is -0.491 e. The molecular weight excluding hydrogens is 444 g/mol. The van der Waals surface area contributed by atoms with Crippen molar-refractivity contribution >= 4 is 23.7 Å². The third kappa shape index (κ3) is 6.10. The van der Waals surface area contributed by atoms with E-state index in [9.17, 15) is 22.4 Å². The molecule has 0 atom stereocenters. The monoisotopic (exact) mass is 462 g/mol. The predicted octanol–water partition coefficient (Wildman–Crippen LogP) is 5.05. The third-order valence-electron chi connectivity index (χ3n) is 4.28. The Kier molecular flexibility index (Phi) is 7.88. The number of hydrogen-bond donors (Lipinski definition) is 1. The number of hydrogen-bond acceptors (Lipinski definition) is 4. The third-order valence-corrected chi connectivity index (χ3v) is 5.36. The number of nitrogens with zero attached hydrogens (tertiary/aromatic N) is 1. The van der Waals surface area contributed by atoms with Crippen molar-refractivity contribution in [3.63, 3.8) is 0 Å². The van der Waals surface area contributed by atoms with Gasteiger partial charge in [0.25, 0.3) is 0 Å². The van der Waals surface area contributed by atoms with Gasteiger partial charge in [-0.3, -0.25) is 4.79 Å². The standard InChI is InChI=1S/C23H18F4N2O2S/c24-16-12-17(25)22(27)23(21(16)26)32-13-15-6-8-19(18(29-15)7-9-20(28)30)31-11-10-14-4-2-1-3-5-14/h1-9,12H,10-11,13H2,(H2,28,30). The molecule has 0 bridgehead atoms. The van der Waals surface area contributed by atoms with E-state index in [0.717, 1.165) is 11.6 Å².